The van der Waals surface area contributed by atoms with Gasteiger partial charge in [-0.2, -0.15) is 0 Å². The van der Waals surface area contributed by atoms with Gasteiger partial charge in [0.2, 0.25) is 5.91 Å². The summed E-state index contributed by atoms with van der Waals surface area (Å²) in [5, 5.41) is 14.8. The van der Waals surface area contributed by atoms with E-state index in [1.165, 1.54) is 22.3 Å². The molecule has 0 heterocycles. The van der Waals surface area contributed by atoms with Crippen molar-refractivity contribution in [2.24, 2.45) is 23.7 Å². The average Bonchev–Trinajstić information content (AvgIpc) is 3.41. The molecule has 3 aliphatic carbocycles. The van der Waals surface area contributed by atoms with E-state index in [1.54, 1.807) is 0 Å². The molecule has 0 spiro atoms. The number of ether oxygens (including phenoxy) is 1. The van der Waals surface area contributed by atoms with Crippen molar-refractivity contribution < 1.29 is 24.2 Å². The minimum Gasteiger partial charge on any atom is -0.481 e. The van der Waals surface area contributed by atoms with E-state index in [9.17, 15) is 14.4 Å². The molecule has 0 saturated heterocycles. The van der Waals surface area contributed by atoms with Crippen LogP contribution in [0.5, 0.6) is 0 Å². The summed E-state index contributed by atoms with van der Waals surface area (Å²) in [5.74, 6) is -0.303. The third-order valence-corrected chi connectivity index (χ3v) is 7.80. The van der Waals surface area contributed by atoms with Gasteiger partial charge in [0.1, 0.15) is 6.61 Å². The van der Waals surface area contributed by atoms with Gasteiger partial charge in [0.15, 0.2) is 0 Å². The molecule has 2 fully saturated rings. The molecule has 2 aromatic rings. The van der Waals surface area contributed by atoms with Crippen LogP contribution in [0.15, 0.2) is 48.5 Å². The zero-order valence-electron chi connectivity index (χ0n) is 19.7. The minimum atomic E-state index is -0.771. The van der Waals surface area contributed by atoms with E-state index in [-0.39, 0.29) is 23.7 Å². The molecule has 5 rings (SSSR count). The molecule has 184 valence electrons. The van der Waals surface area contributed by atoms with Gasteiger partial charge >= 0.3 is 12.1 Å². The van der Waals surface area contributed by atoms with Crippen molar-refractivity contribution in [2.75, 3.05) is 19.7 Å². The second kappa shape index (κ2) is 10.1. The Morgan fingerprint density at radius 2 is 1.51 bits per heavy atom. The smallest absolute Gasteiger partial charge is 0.407 e. The summed E-state index contributed by atoms with van der Waals surface area (Å²) in [4.78, 5) is 35.5. The molecule has 2 amide bonds. The highest BCUT2D eigenvalue weighted by molar-refractivity contribution is 5.79. The molecule has 3 aliphatic rings. The molecule has 2 aromatic carbocycles. The Morgan fingerprint density at radius 1 is 0.857 bits per heavy atom. The largest absolute Gasteiger partial charge is 0.481 e. The second-order valence-corrected chi connectivity index (χ2v) is 10.2. The number of hydrogen-bond donors (Lipinski definition) is 3. The van der Waals surface area contributed by atoms with E-state index in [0.29, 0.717) is 44.4 Å². The van der Waals surface area contributed by atoms with Crippen molar-refractivity contribution in [2.45, 2.75) is 38.0 Å². The van der Waals surface area contributed by atoms with Crippen molar-refractivity contribution in [3.63, 3.8) is 0 Å². The van der Waals surface area contributed by atoms with Crippen molar-refractivity contribution in [1.82, 2.24) is 10.6 Å². The van der Waals surface area contributed by atoms with Gasteiger partial charge in [0.05, 0.1) is 5.92 Å². The zero-order valence-corrected chi connectivity index (χ0v) is 19.7. The lowest BCUT2D eigenvalue weighted by Gasteiger charge is -2.16. The van der Waals surface area contributed by atoms with Crippen LogP contribution < -0.4 is 10.6 Å². The molecule has 4 unspecified atom stereocenters. The summed E-state index contributed by atoms with van der Waals surface area (Å²) < 4.78 is 5.62. The third-order valence-electron chi connectivity index (χ3n) is 7.80. The van der Waals surface area contributed by atoms with E-state index in [4.69, 9.17) is 9.84 Å². The molecule has 35 heavy (non-hydrogen) atoms. The highest BCUT2D eigenvalue weighted by Crippen LogP contribution is 2.44. The van der Waals surface area contributed by atoms with Crippen LogP contribution in [0.4, 0.5) is 4.79 Å². The van der Waals surface area contributed by atoms with Crippen LogP contribution in [0.1, 0.15) is 49.1 Å². The standard InChI is InChI=1S/C28H32N2O5/c31-26(29-15-19-13-24(19)27(32)33)12-17-9-10-18(11-17)14-30-28(34)35-16-25-22-7-3-1-5-20(22)21-6-2-4-8-23(21)25/h1-8,17-19,24-25H,9-16H2,(H,29,31)(H,30,34)(H,32,33). The highest BCUT2D eigenvalue weighted by atomic mass is 16.5. The number of hydrogen-bond acceptors (Lipinski definition) is 4. The first kappa shape index (κ1) is 23.4. The van der Waals surface area contributed by atoms with Gasteiger partial charge in [-0.3, -0.25) is 9.59 Å². The maximum Gasteiger partial charge on any atom is 0.407 e. The van der Waals surface area contributed by atoms with Crippen molar-refractivity contribution in [1.29, 1.82) is 0 Å². The molecule has 3 N–H and O–H groups in total. The maximum absolute atomic E-state index is 12.4. The Labute approximate surface area is 205 Å². The molecule has 7 heteroatoms. The Morgan fingerprint density at radius 3 is 2.17 bits per heavy atom. The van der Waals surface area contributed by atoms with Crippen molar-refractivity contribution in [3.05, 3.63) is 59.7 Å². The number of nitrogens with one attached hydrogen (secondary N) is 2. The number of alkyl carbamates (subject to hydrolysis) is 1. The van der Waals surface area contributed by atoms with Gasteiger partial charge < -0.3 is 20.5 Å². The molecule has 2 saturated carbocycles. The Kier molecular flexibility index (Phi) is 6.75. The number of fused-ring (bicyclic) bond motifs is 3. The first-order chi connectivity index (χ1) is 17.0. The summed E-state index contributed by atoms with van der Waals surface area (Å²) in [6, 6.07) is 16.5. The topological polar surface area (TPSA) is 105 Å². The number of carboxylic acids is 1. The Bertz CT molecular complexity index is 1070. The van der Waals surface area contributed by atoms with Gasteiger partial charge in [0.25, 0.3) is 0 Å². The van der Waals surface area contributed by atoms with Gasteiger partial charge in [-0.05, 0) is 65.7 Å². The molecule has 0 radical (unpaired) electrons. The van der Waals surface area contributed by atoms with Gasteiger partial charge in [-0.1, -0.05) is 48.5 Å². The molecular formula is C28H32N2O5. The minimum absolute atomic E-state index is 0.00353. The predicted octanol–water partition coefficient (Wildman–Crippen LogP) is 4.17. The predicted molar refractivity (Wildman–Crippen MR) is 131 cm³/mol. The number of carbonyl (C=O) groups is 3. The third kappa shape index (κ3) is 5.34. The fourth-order valence-electron chi connectivity index (χ4n) is 5.78. The maximum atomic E-state index is 12.4. The SMILES string of the molecule is O=C(CC1CCC(CNC(=O)OCC2c3ccccc3-c3ccccc32)C1)NCC1CC1C(=O)O. The average molecular weight is 477 g/mol. The van der Waals surface area contributed by atoms with Crippen molar-refractivity contribution >= 4 is 18.0 Å². The summed E-state index contributed by atoms with van der Waals surface area (Å²) >= 11 is 0. The summed E-state index contributed by atoms with van der Waals surface area (Å²) in [6.07, 6.45) is 3.56. The lowest BCUT2D eigenvalue weighted by atomic mass is 9.98. The van der Waals surface area contributed by atoms with Crippen LogP contribution >= 0.6 is 0 Å². The van der Waals surface area contributed by atoms with Gasteiger partial charge in [-0.25, -0.2) is 4.79 Å². The van der Waals surface area contributed by atoms with E-state index in [2.05, 4.69) is 34.9 Å². The Hall–Kier alpha value is -3.35. The van der Waals surface area contributed by atoms with Crippen LogP contribution in [0.3, 0.4) is 0 Å². The number of carbonyl (C=O) groups excluding carboxylic acids is 2. The van der Waals surface area contributed by atoms with E-state index >= 15 is 0 Å². The fraction of sp³-hybridized carbons (Fsp3) is 0.464. The highest BCUT2D eigenvalue weighted by Gasteiger charge is 2.43. The first-order valence-corrected chi connectivity index (χ1v) is 12.6. The summed E-state index contributed by atoms with van der Waals surface area (Å²) in [7, 11) is 0. The van der Waals surface area contributed by atoms with E-state index < -0.39 is 12.1 Å². The quantitative estimate of drug-likeness (QED) is 0.504. The normalized spacial score (nSPS) is 24.3. The second-order valence-electron chi connectivity index (χ2n) is 10.2. The summed E-state index contributed by atoms with van der Waals surface area (Å²) in [6.45, 7) is 1.31. The van der Waals surface area contributed by atoms with Crippen LogP contribution in [-0.2, 0) is 14.3 Å². The van der Waals surface area contributed by atoms with Gasteiger partial charge in [-0.15, -0.1) is 0 Å². The van der Waals surface area contributed by atoms with Crippen LogP contribution in [0.25, 0.3) is 11.1 Å². The van der Waals surface area contributed by atoms with Crippen LogP contribution in [0.2, 0.25) is 0 Å². The van der Waals surface area contributed by atoms with Crippen LogP contribution in [0, 0.1) is 23.7 Å². The zero-order chi connectivity index (χ0) is 24.4. The van der Waals surface area contributed by atoms with Crippen LogP contribution in [-0.4, -0.2) is 42.8 Å². The van der Waals surface area contributed by atoms with E-state index in [1.807, 2.05) is 24.3 Å². The number of rotatable bonds is 9. The molecule has 0 aromatic heterocycles. The van der Waals surface area contributed by atoms with Gasteiger partial charge in [0, 0.05) is 25.4 Å². The number of benzene rings is 2. The lowest BCUT2D eigenvalue weighted by Crippen LogP contribution is -2.30. The summed E-state index contributed by atoms with van der Waals surface area (Å²) in [5.41, 5.74) is 4.80. The fourth-order valence-corrected chi connectivity index (χ4v) is 5.78. The monoisotopic (exact) mass is 476 g/mol. The van der Waals surface area contributed by atoms with E-state index in [0.717, 1.165) is 19.3 Å². The number of aliphatic carboxylic acids is 1. The first-order valence-electron chi connectivity index (χ1n) is 12.6. The number of amides is 2. The molecule has 0 bridgehead atoms. The number of carboxylic acid groups (broad SMARTS) is 1. The molecular weight excluding hydrogens is 444 g/mol. The molecule has 4 atom stereocenters. The Balaban J connectivity index is 1.02. The molecule has 0 aliphatic heterocycles. The lowest BCUT2D eigenvalue weighted by molar-refractivity contribution is -0.139. The molecule has 7 nitrogen and oxygen atoms in total. The van der Waals surface area contributed by atoms with Crippen molar-refractivity contribution in [3.8, 4) is 11.1 Å².